The molecule has 0 saturated heterocycles. The molecule has 2 aromatic carbocycles. The maximum absolute atomic E-state index is 13.2. The highest BCUT2D eigenvalue weighted by molar-refractivity contribution is 6.31. The van der Waals surface area contributed by atoms with Crippen molar-refractivity contribution in [3.8, 4) is 11.5 Å². The highest BCUT2D eigenvalue weighted by atomic mass is 35.5. The number of carbonyl (C=O) groups excluding carboxylic acids is 1. The second kappa shape index (κ2) is 8.99. The van der Waals surface area contributed by atoms with Gasteiger partial charge < -0.3 is 14.8 Å². The molecule has 4 aromatic rings. The lowest BCUT2D eigenvalue weighted by Crippen LogP contribution is -2.29. The quantitative estimate of drug-likeness (QED) is 0.443. The highest BCUT2D eigenvalue weighted by Gasteiger charge is 2.19. The van der Waals surface area contributed by atoms with E-state index >= 15 is 0 Å². The molecular weight excluding hydrogens is 450 g/mol. The maximum Gasteiger partial charge on any atom is 0.352 e. The van der Waals surface area contributed by atoms with Crippen LogP contribution in [-0.2, 0) is 17.9 Å². The number of nitrogens with one attached hydrogen (secondary N) is 1. The SMILES string of the molecule is CCCn1c(=O)c2ccc(Cl)cc2n2c(=O)n(CC(=O)Nc3ccc(OC)c(OC)c3)nc12. The molecule has 0 bridgehead atoms. The molecule has 2 aromatic heterocycles. The number of ether oxygens (including phenoxy) is 2. The Morgan fingerprint density at radius 1 is 1.09 bits per heavy atom. The molecule has 0 unspecified atom stereocenters. The Kier molecular flexibility index (Phi) is 6.10. The number of carbonyl (C=O) groups is 1. The Hall–Kier alpha value is -3.79. The lowest BCUT2D eigenvalue weighted by molar-refractivity contribution is -0.117. The van der Waals surface area contributed by atoms with Crippen molar-refractivity contribution in [1.82, 2.24) is 18.7 Å². The normalized spacial score (nSPS) is 11.2. The minimum atomic E-state index is -0.551. The number of hydrogen-bond donors (Lipinski definition) is 1. The van der Waals surface area contributed by atoms with E-state index in [1.807, 2.05) is 6.92 Å². The Bertz CT molecular complexity index is 1490. The minimum Gasteiger partial charge on any atom is -0.493 e. The first-order valence-electron chi connectivity index (χ1n) is 10.2. The molecule has 0 aliphatic rings. The number of rotatable bonds is 7. The molecule has 2 heterocycles. The van der Waals surface area contributed by atoms with Crippen molar-refractivity contribution in [3.63, 3.8) is 0 Å². The zero-order valence-corrected chi connectivity index (χ0v) is 19.0. The molecule has 4 rings (SSSR count). The Labute approximate surface area is 192 Å². The molecule has 0 atom stereocenters. The van der Waals surface area contributed by atoms with Crippen LogP contribution in [0.25, 0.3) is 16.7 Å². The first-order valence-corrected chi connectivity index (χ1v) is 10.6. The lowest BCUT2D eigenvalue weighted by atomic mass is 10.2. The topological polar surface area (TPSA) is 109 Å². The van der Waals surface area contributed by atoms with Gasteiger partial charge in [0.05, 0.1) is 25.1 Å². The second-order valence-corrected chi connectivity index (χ2v) is 7.75. The van der Waals surface area contributed by atoms with Crippen molar-refractivity contribution < 1.29 is 14.3 Å². The third kappa shape index (κ3) is 4.05. The van der Waals surface area contributed by atoms with Crippen molar-refractivity contribution in [2.24, 2.45) is 0 Å². The Morgan fingerprint density at radius 3 is 2.55 bits per heavy atom. The van der Waals surface area contributed by atoms with Crippen molar-refractivity contribution in [2.75, 3.05) is 19.5 Å². The number of anilines is 1. The average molecular weight is 472 g/mol. The zero-order chi connectivity index (χ0) is 23.7. The first-order chi connectivity index (χ1) is 15.9. The molecule has 0 aliphatic heterocycles. The summed E-state index contributed by atoms with van der Waals surface area (Å²) in [4.78, 5) is 38.9. The monoisotopic (exact) mass is 471 g/mol. The first kappa shape index (κ1) is 22.4. The van der Waals surface area contributed by atoms with Gasteiger partial charge >= 0.3 is 5.69 Å². The van der Waals surface area contributed by atoms with E-state index in [0.717, 1.165) is 4.68 Å². The largest absolute Gasteiger partial charge is 0.493 e. The van der Waals surface area contributed by atoms with Gasteiger partial charge in [0.25, 0.3) is 5.56 Å². The molecule has 0 aliphatic carbocycles. The number of methoxy groups -OCH3 is 2. The third-order valence-electron chi connectivity index (χ3n) is 5.15. The molecule has 172 valence electrons. The highest BCUT2D eigenvalue weighted by Crippen LogP contribution is 2.29. The average Bonchev–Trinajstić information content (AvgIpc) is 3.12. The summed E-state index contributed by atoms with van der Waals surface area (Å²) >= 11 is 6.12. The van der Waals surface area contributed by atoms with Crippen LogP contribution in [0.4, 0.5) is 5.69 Å². The predicted octanol–water partition coefficient (Wildman–Crippen LogP) is 2.53. The number of halogens is 1. The van der Waals surface area contributed by atoms with E-state index in [0.29, 0.717) is 46.1 Å². The summed E-state index contributed by atoms with van der Waals surface area (Å²) in [5.74, 6) is 0.651. The standard InChI is InChI=1S/C22H22ClN5O5/c1-4-9-26-20(30)15-7-5-13(23)10-16(15)28-21(26)25-27(22(28)31)12-19(29)24-14-6-8-17(32-2)18(11-14)33-3/h5-8,10-11H,4,9,12H2,1-3H3,(H,24,29). The smallest absolute Gasteiger partial charge is 0.352 e. The van der Waals surface area contributed by atoms with Gasteiger partial charge in [-0.05, 0) is 36.8 Å². The number of aromatic nitrogens is 4. The van der Waals surface area contributed by atoms with Gasteiger partial charge in [-0.25, -0.2) is 13.9 Å². The van der Waals surface area contributed by atoms with E-state index < -0.39 is 11.6 Å². The van der Waals surface area contributed by atoms with Crippen LogP contribution in [0.2, 0.25) is 5.02 Å². The van der Waals surface area contributed by atoms with Crippen molar-refractivity contribution in [1.29, 1.82) is 0 Å². The van der Waals surface area contributed by atoms with E-state index in [1.54, 1.807) is 36.4 Å². The molecule has 1 N–H and O–H groups in total. The fourth-order valence-electron chi connectivity index (χ4n) is 3.67. The number of amides is 1. The van der Waals surface area contributed by atoms with Gasteiger partial charge in [-0.1, -0.05) is 18.5 Å². The molecule has 33 heavy (non-hydrogen) atoms. The fourth-order valence-corrected chi connectivity index (χ4v) is 3.83. The fraction of sp³-hybridized carbons (Fsp3) is 0.273. The van der Waals surface area contributed by atoms with E-state index in [9.17, 15) is 14.4 Å². The molecule has 0 saturated carbocycles. The van der Waals surface area contributed by atoms with Gasteiger partial charge in [0.15, 0.2) is 11.5 Å². The lowest BCUT2D eigenvalue weighted by Gasteiger charge is -2.10. The minimum absolute atomic E-state index is 0.153. The molecule has 11 heteroatoms. The van der Waals surface area contributed by atoms with Gasteiger partial charge in [-0.3, -0.25) is 14.2 Å². The summed E-state index contributed by atoms with van der Waals surface area (Å²) in [5.41, 5.74) is -0.0199. The maximum atomic E-state index is 13.2. The predicted molar refractivity (Wildman–Crippen MR) is 125 cm³/mol. The number of nitrogens with zero attached hydrogens (tertiary/aromatic N) is 4. The van der Waals surface area contributed by atoms with Crippen LogP contribution >= 0.6 is 11.6 Å². The van der Waals surface area contributed by atoms with Crippen LogP contribution in [-0.4, -0.2) is 38.9 Å². The molecule has 10 nitrogen and oxygen atoms in total. The number of fused-ring (bicyclic) bond motifs is 3. The third-order valence-corrected chi connectivity index (χ3v) is 5.38. The van der Waals surface area contributed by atoms with Crippen molar-refractivity contribution in [3.05, 3.63) is 62.3 Å². The van der Waals surface area contributed by atoms with Crippen molar-refractivity contribution >= 4 is 39.9 Å². The van der Waals surface area contributed by atoms with Crippen LogP contribution in [0, 0.1) is 0 Å². The summed E-state index contributed by atoms with van der Waals surface area (Å²) in [6, 6.07) is 9.64. The summed E-state index contributed by atoms with van der Waals surface area (Å²) in [7, 11) is 3.01. The van der Waals surface area contributed by atoms with Gasteiger partial charge in [0.2, 0.25) is 11.7 Å². The second-order valence-electron chi connectivity index (χ2n) is 7.31. The Balaban J connectivity index is 1.75. The molecule has 0 fully saturated rings. The van der Waals surface area contributed by atoms with Gasteiger partial charge in [0, 0.05) is 23.3 Å². The van der Waals surface area contributed by atoms with Crippen molar-refractivity contribution in [2.45, 2.75) is 26.4 Å². The van der Waals surface area contributed by atoms with E-state index in [2.05, 4.69) is 10.4 Å². The number of aryl methyl sites for hydroxylation is 1. The summed E-state index contributed by atoms with van der Waals surface area (Å²) < 4.78 is 14.2. The molecule has 0 radical (unpaired) electrons. The van der Waals surface area contributed by atoms with E-state index in [1.165, 1.54) is 23.2 Å². The summed E-state index contributed by atoms with van der Waals surface area (Å²) in [6.07, 6.45) is 0.662. The molecular formula is C22H22ClN5O5. The Morgan fingerprint density at radius 2 is 1.85 bits per heavy atom. The van der Waals surface area contributed by atoms with Gasteiger partial charge in [-0.15, -0.1) is 5.10 Å². The van der Waals surface area contributed by atoms with Crippen LogP contribution in [0.5, 0.6) is 11.5 Å². The molecule has 0 spiro atoms. The van der Waals surface area contributed by atoms with Crippen LogP contribution in [0.3, 0.4) is 0 Å². The molecule has 1 amide bonds. The summed E-state index contributed by atoms with van der Waals surface area (Å²) in [6.45, 7) is 1.94. The zero-order valence-electron chi connectivity index (χ0n) is 18.3. The summed E-state index contributed by atoms with van der Waals surface area (Å²) in [5, 5.41) is 7.73. The van der Waals surface area contributed by atoms with E-state index in [4.69, 9.17) is 21.1 Å². The van der Waals surface area contributed by atoms with E-state index in [-0.39, 0.29) is 17.9 Å². The van der Waals surface area contributed by atoms with Crippen LogP contribution in [0.15, 0.2) is 46.0 Å². The van der Waals surface area contributed by atoms with Gasteiger partial charge in [-0.2, -0.15) is 0 Å². The number of benzene rings is 2. The van der Waals surface area contributed by atoms with Crippen LogP contribution < -0.4 is 26.0 Å². The van der Waals surface area contributed by atoms with Crippen LogP contribution in [0.1, 0.15) is 13.3 Å². The number of hydrogen-bond acceptors (Lipinski definition) is 6. The van der Waals surface area contributed by atoms with Gasteiger partial charge in [0.1, 0.15) is 6.54 Å².